The molecule has 0 fully saturated rings. The number of fused-ring (bicyclic) bond motifs is 1. The molecule has 0 saturated heterocycles. The number of nitrogens with zero attached hydrogens (tertiary/aromatic N) is 3. The number of benzene rings is 4. The number of rotatable bonds is 9. The van der Waals surface area contributed by atoms with E-state index >= 15 is 0 Å². The Morgan fingerprint density at radius 2 is 1.67 bits per heavy atom. The van der Waals surface area contributed by atoms with Crippen molar-refractivity contribution in [3.63, 3.8) is 0 Å². The number of ether oxygens (including phenoxy) is 2. The maximum absolute atomic E-state index is 14.2. The molecule has 10 nitrogen and oxygen atoms in total. The van der Waals surface area contributed by atoms with E-state index in [1.807, 2.05) is 54.6 Å². The maximum atomic E-state index is 14.2. The minimum atomic E-state index is -0.788. The van der Waals surface area contributed by atoms with Crippen molar-refractivity contribution in [3.8, 4) is 5.75 Å². The number of hydrogen-bond acceptors (Lipinski definition) is 9. The molecule has 0 N–H and O–H groups in total. The molecule has 0 radical (unpaired) electrons. The molecule has 0 bridgehead atoms. The second-order valence-electron chi connectivity index (χ2n) is 11.5. The molecule has 6 rings (SSSR count). The number of thiazole rings is 1. The van der Waals surface area contributed by atoms with Gasteiger partial charge in [-0.25, -0.2) is 14.6 Å². The highest BCUT2D eigenvalue weighted by Crippen LogP contribution is 2.35. The number of aromatic nitrogens is 1. The number of carbonyl (C=O) groups excluding carboxylic acids is 2. The van der Waals surface area contributed by atoms with Crippen molar-refractivity contribution >= 4 is 40.7 Å². The van der Waals surface area contributed by atoms with Crippen LogP contribution in [0.15, 0.2) is 118 Å². The van der Waals surface area contributed by atoms with Gasteiger partial charge >= 0.3 is 11.9 Å². The number of non-ortho nitro benzene ring substituents is 1. The highest BCUT2D eigenvalue weighted by Gasteiger charge is 2.35. The summed E-state index contributed by atoms with van der Waals surface area (Å²) < 4.78 is 12.9. The fourth-order valence-electron chi connectivity index (χ4n) is 5.51. The van der Waals surface area contributed by atoms with E-state index in [0.717, 1.165) is 22.8 Å². The van der Waals surface area contributed by atoms with Crippen LogP contribution in [0.5, 0.6) is 5.75 Å². The zero-order chi connectivity index (χ0) is 34.7. The summed E-state index contributed by atoms with van der Waals surface area (Å²) in [6.07, 6.45) is 1.71. The lowest BCUT2D eigenvalue weighted by Crippen LogP contribution is -2.40. The lowest BCUT2D eigenvalue weighted by atomic mass is 9.91. The van der Waals surface area contributed by atoms with Gasteiger partial charge in [-0.05, 0) is 53.8 Å². The average Bonchev–Trinajstić information content (AvgIpc) is 3.42. The van der Waals surface area contributed by atoms with Gasteiger partial charge in [0.15, 0.2) is 4.80 Å². The smallest absolute Gasteiger partial charge is 0.343 e. The van der Waals surface area contributed by atoms with Crippen LogP contribution in [0.3, 0.4) is 0 Å². The molecule has 2 heterocycles. The van der Waals surface area contributed by atoms with Gasteiger partial charge in [-0.2, -0.15) is 0 Å². The Bertz CT molecular complexity index is 2270. The zero-order valence-electron chi connectivity index (χ0n) is 26.9. The first-order valence-corrected chi connectivity index (χ1v) is 16.4. The summed E-state index contributed by atoms with van der Waals surface area (Å²) in [4.78, 5) is 56.3. The third-order valence-corrected chi connectivity index (χ3v) is 8.96. The first-order chi connectivity index (χ1) is 23.6. The van der Waals surface area contributed by atoms with Crippen LogP contribution >= 0.6 is 11.3 Å². The number of hydrogen-bond donors (Lipinski definition) is 0. The predicted octanol–water partition coefficient (Wildman–Crippen LogP) is 6.19. The molecule has 49 heavy (non-hydrogen) atoms. The topological polar surface area (TPSA) is 130 Å². The summed E-state index contributed by atoms with van der Waals surface area (Å²) in [6, 6.07) is 28.3. The maximum Gasteiger partial charge on any atom is 0.343 e. The monoisotopic (exact) mass is 673 g/mol. The molecule has 246 valence electrons. The number of nitro groups is 1. The Hall–Kier alpha value is -5.94. The van der Waals surface area contributed by atoms with Crippen molar-refractivity contribution in [2.24, 2.45) is 4.99 Å². The highest BCUT2D eigenvalue weighted by atomic mass is 32.1. The van der Waals surface area contributed by atoms with E-state index < -0.39 is 22.9 Å². The number of esters is 2. The molecule has 1 aliphatic heterocycles. The normalized spacial score (nSPS) is 14.3. The molecule has 0 amide bonds. The summed E-state index contributed by atoms with van der Waals surface area (Å²) in [7, 11) is 0. The van der Waals surface area contributed by atoms with E-state index in [1.165, 1.54) is 29.5 Å². The van der Waals surface area contributed by atoms with Crippen LogP contribution in [0.2, 0.25) is 0 Å². The fourth-order valence-corrected chi connectivity index (χ4v) is 6.52. The standard InChI is InChI=1S/C38H31N3O7S/c1-4-47-37(44)32-33(26-9-6-5-7-10-26)39-38-40(34(32)27-17-15-25(16-18-27)23(2)3)35(42)31(49-38)21-24-13-19-30(20-14-24)48-36(43)28-11-8-12-29(22-28)41(45)46/h5-23,34H,4H2,1-3H3/b31-21-/t34-/m0/s1. The Balaban J connectivity index is 1.42. The Labute approximate surface area is 285 Å². The summed E-state index contributed by atoms with van der Waals surface area (Å²) in [5.74, 6) is -0.761. The largest absolute Gasteiger partial charge is 0.463 e. The lowest BCUT2D eigenvalue weighted by molar-refractivity contribution is -0.384. The molecule has 0 spiro atoms. The quantitative estimate of drug-likeness (QED) is 0.0790. The van der Waals surface area contributed by atoms with Gasteiger partial charge in [-0.15, -0.1) is 0 Å². The Kier molecular flexibility index (Phi) is 9.45. The van der Waals surface area contributed by atoms with Gasteiger partial charge in [-0.1, -0.05) is 98.0 Å². The van der Waals surface area contributed by atoms with Crippen molar-refractivity contribution in [2.75, 3.05) is 6.61 Å². The van der Waals surface area contributed by atoms with Crippen LogP contribution in [0.4, 0.5) is 5.69 Å². The van der Waals surface area contributed by atoms with E-state index in [0.29, 0.717) is 26.5 Å². The van der Waals surface area contributed by atoms with Gasteiger partial charge in [0.25, 0.3) is 11.2 Å². The second-order valence-corrected chi connectivity index (χ2v) is 12.5. The van der Waals surface area contributed by atoms with Crippen LogP contribution in [0.1, 0.15) is 65.3 Å². The van der Waals surface area contributed by atoms with Crippen LogP contribution < -0.4 is 19.6 Å². The van der Waals surface area contributed by atoms with Gasteiger partial charge in [-0.3, -0.25) is 19.5 Å². The van der Waals surface area contributed by atoms with Crippen molar-refractivity contribution in [1.82, 2.24) is 4.57 Å². The SMILES string of the molecule is CCOC(=O)C1=C(c2ccccc2)N=c2s/c(=C\c3ccc(OC(=O)c4cccc([N+](=O)[O-])c4)cc3)c(=O)n2[C@H]1c1ccc(C(C)C)cc1. The summed E-state index contributed by atoms with van der Waals surface area (Å²) in [6.45, 7) is 6.10. The first-order valence-electron chi connectivity index (χ1n) is 15.6. The Morgan fingerprint density at radius 1 is 0.959 bits per heavy atom. The molecule has 0 unspecified atom stereocenters. The van der Waals surface area contributed by atoms with E-state index in [-0.39, 0.29) is 34.7 Å². The molecule has 4 aromatic carbocycles. The molecular weight excluding hydrogens is 642 g/mol. The molecular formula is C38H31N3O7S. The third-order valence-electron chi connectivity index (χ3n) is 7.97. The second kappa shape index (κ2) is 14.0. The van der Waals surface area contributed by atoms with Crippen LogP contribution in [0.25, 0.3) is 11.8 Å². The predicted molar refractivity (Wildman–Crippen MR) is 186 cm³/mol. The fraction of sp³-hybridized carbons (Fsp3) is 0.158. The van der Waals surface area contributed by atoms with Crippen LogP contribution in [0, 0.1) is 10.1 Å². The number of carbonyl (C=O) groups is 2. The molecule has 0 saturated carbocycles. The van der Waals surface area contributed by atoms with Crippen LogP contribution in [-0.4, -0.2) is 28.0 Å². The van der Waals surface area contributed by atoms with Crippen molar-refractivity contribution in [2.45, 2.75) is 32.7 Å². The molecule has 0 aliphatic carbocycles. The molecule has 5 aromatic rings. The highest BCUT2D eigenvalue weighted by molar-refractivity contribution is 7.07. The minimum absolute atomic E-state index is 0.0462. The summed E-state index contributed by atoms with van der Waals surface area (Å²) >= 11 is 1.21. The van der Waals surface area contributed by atoms with Gasteiger partial charge < -0.3 is 9.47 Å². The number of nitro benzene ring substituents is 1. The summed E-state index contributed by atoms with van der Waals surface area (Å²) in [5, 5.41) is 11.1. The lowest BCUT2D eigenvalue weighted by Gasteiger charge is -2.26. The van der Waals surface area contributed by atoms with E-state index in [4.69, 9.17) is 14.5 Å². The van der Waals surface area contributed by atoms with Gasteiger partial charge in [0, 0.05) is 17.7 Å². The Morgan fingerprint density at radius 3 is 2.33 bits per heavy atom. The van der Waals surface area contributed by atoms with Crippen molar-refractivity contribution < 1.29 is 24.0 Å². The van der Waals surface area contributed by atoms with E-state index in [9.17, 15) is 24.5 Å². The van der Waals surface area contributed by atoms with Crippen LogP contribution in [-0.2, 0) is 9.53 Å². The summed E-state index contributed by atoms with van der Waals surface area (Å²) in [5.41, 5.74) is 3.49. The van der Waals surface area contributed by atoms with Crippen molar-refractivity contribution in [3.05, 3.63) is 166 Å². The van der Waals surface area contributed by atoms with Gasteiger partial charge in [0.05, 0.1) is 38.9 Å². The molecule has 11 heteroatoms. The minimum Gasteiger partial charge on any atom is -0.463 e. The first kappa shape index (κ1) is 33.0. The van der Waals surface area contributed by atoms with Gasteiger partial charge in [0.2, 0.25) is 0 Å². The van der Waals surface area contributed by atoms with Crippen molar-refractivity contribution in [1.29, 1.82) is 0 Å². The van der Waals surface area contributed by atoms with E-state index in [1.54, 1.807) is 41.8 Å². The average molecular weight is 674 g/mol. The van der Waals surface area contributed by atoms with Gasteiger partial charge in [0.1, 0.15) is 5.75 Å². The molecule has 1 aromatic heterocycles. The zero-order valence-corrected chi connectivity index (χ0v) is 27.7. The third kappa shape index (κ3) is 6.88. The molecule has 1 aliphatic rings. The molecule has 1 atom stereocenters. The van der Waals surface area contributed by atoms with E-state index in [2.05, 4.69) is 13.8 Å².